The van der Waals surface area contributed by atoms with Gasteiger partial charge in [0, 0.05) is 19.6 Å². The molecule has 0 spiro atoms. The highest BCUT2D eigenvalue weighted by Gasteiger charge is 2.25. The molecule has 0 bridgehead atoms. The van der Waals surface area contributed by atoms with Gasteiger partial charge in [0.25, 0.3) is 0 Å². The lowest BCUT2D eigenvalue weighted by molar-refractivity contribution is -0.154. The van der Waals surface area contributed by atoms with Gasteiger partial charge in [-0.05, 0) is 38.5 Å². The van der Waals surface area contributed by atoms with E-state index in [4.69, 9.17) is 24.3 Å². The van der Waals surface area contributed by atoms with E-state index in [1.807, 2.05) is 0 Å². The van der Waals surface area contributed by atoms with Gasteiger partial charge in [0.05, 0.1) is 19.8 Å². The average molecular weight is 830 g/mol. The van der Waals surface area contributed by atoms with Crippen molar-refractivity contribution in [2.75, 3.05) is 33.0 Å². The second kappa shape index (κ2) is 46.3. The molecule has 0 saturated carbocycles. The fourth-order valence-corrected chi connectivity index (χ4v) is 8.05. The van der Waals surface area contributed by atoms with Crippen LogP contribution in [-0.4, -0.2) is 49.9 Å². The standard InChI is InChI=1S/C48H96NO7P/c1-3-5-7-9-11-13-15-17-19-21-22-23-24-25-27-29-31-33-35-37-39-41-48(50)56-47(46-55-57(51,52)54-44-42-49)45-53-43-40-38-36-34-32-30-28-26-20-18-16-14-12-10-8-6-4-2/h21-22,47H,3-20,23-46,49H2,1-2H3,(H,51,52)/b22-21-. The molecular weight excluding hydrogens is 734 g/mol. The summed E-state index contributed by atoms with van der Waals surface area (Å²) in [5.74, 6) is -0.326. The molecule has 3 N–H and O–H groups in total. The van der Waals surface area contributed by atoms with Crippen molar-refractivity contribution in [2.24, 2.45) is 5.73 Å². The van der Waals surface area contributed by atoms with Crippen LogP contribution in [0.5, 0.6) is 0 Å². The SMILES string of the molecule is CCCCCCCCCC/C=C\CCCCCCCCCCCC(=O)OC(COCCCCCCCCCCCCCCCCCCC)COP(=O)(O)OCCN. The van der Waals surface area contributed by atoms with Gasteiger partial charge in [0.15, 0.2) is 0 Å². The number of ether oxygens (including phenoxy) is 2. The van der Waals surface area contributed by atoms with E-state index >= 15 is 0 Å². The van der Waals surface area contributed by atoms with Gasteiger partial charge in [-0.15, -0.1) is 0 Å². The Kier molecular flexibility index (Phi) is 45.7. The maximum atomic E-state index is 12.6. The average Bonchev–Trinajstić information content (AvgIpc) is 3.20. The minimum absolute atomic E-state index is 0.0921. The Balaban J connectivity index is 3.92. The van der Waals surface area contributed by atoms with Crippen LogP contribution in [0.25, 0.3) is 0 Å². The van der Waals surface area contributed by atoms with Crippen molar-refractivity contribution in [3.05, 3.63) is 12.2 Å². The van der Waals surface area contributed by atoms with Crippen molar-refractivity contribution in [1.29, 1.82) is 0 Å². The Hall–Kier alpha value is -0.760. The van der Waals surface area contributed by atoms with Crippen LogP contribution in [0.3, 0.4) is 0 Å². The number of esters is 1. The Morgan fingerprint density at radius 3 is 1.28 bits per heavy atom. The van der Waals surface area contributed by atoms with E-state index in [1.165, 1.54) is 199 Å². The predicted octanol–water partition coefficient (Wildman–Crippen LogP) is 15.0. The second-order valence-electron chi connectivity index (χ2n) is 16.7. The third-order valence-electron chi connectivity index (χ3n) is 10.9. The summed E-state index contributed by atoms with van der Waals surface area (Å²) in [7, 11) is -4.27. The number of carbonyl (C=O) groups is 1. The molecule has 0 amide bonds. The highest BCUT2D eigenvalue weighted by atomic mass is 31.2. The van der Waals surface area contributed by atoms with Crippen molar-refractivity contribution in [1.82, 2.24) is 0 Å². The first-order valence-electron chi connectivity index (χ1n) is 24.7. The van der Waals surface area contributed by atoms with Crippen molar-refractivity contribution >= 4 is 13.8 Å². The first-order valence-corrected chi connectivity index (χ1v) is 26.2. The highest BCUT2D eigenvalue weighted by Crippen LogP contribution is 2.43. The quantitative estimate of drug-likeness (QED) is 0.0269. The zero-order valence-corrected chi connectivity index (χ0v) is 38.7. The maximum Gasteiger partial charge on any atom is 0.472 e. The van der Waals surface area contributed by atoms with Crippen molar-refractivity contribution in [3.63, 3.8) is 0 Å². The molecule has 8 nitrogen and oxygen atoms in total. The molecule has 0 aliphatic heterocycles. The van der Waals surface area contributed by atoms with Crippen LogP contribution in [0.2, 0.25) is 0 Å². The van der Waals surface area contributed by atoms with Crippen molar-refractivity contribution in [2.45, 2.75) is 258 Å². The molecule has 0 fully saturated rings. The molecule has 340 valence electrons. The lowest BCUT2D eigenvalue weighted by Crippen LogP contribution is -2.28. The summed E-state index contributed by atoms with van der Waals surface area (Å²) in [4.78, 5) is 22.6. The molecule has 0 radical (unpaired) electrons. The zero-order chi connectivity index (χ0) is 41.6. The van der Waals surface area contributed by atoms with Crippen LogP contribution >= 0.6 is 7.82 Å². The fourth-order valence-electron chi connectivity index (χ4n) is 7.29. The molecule has 0 aromatic rings. The fraction of sp³-hybridized carbons (Fsp3) is 0.938. The highest BCUT2D eigenvalue weighted by molar-refractivity contribution is 7.47. The minimum Gasteiger partial charge on any atom is -0.457 e. The monoisotopic (exact) mass is 830 g/mol. The van der Waals surface area contributed by atoms with Crippen LogP contribution < -0.4 is 5.73 Å². The molecule has 57 heavy (non-hydrogen) atoms. The van der Waals surface area contributed by atoms with E-state index in [0.29, 0.717) is 13.0 Å². The van der Waals surface area contributed by atoms with Crippen LogP contribution in [0.4, 0.5) is 0 Å². The van der Waals surface area contributed by atoms with Crippen LogP contribution in [0.1, 0.15) is 251 Å². The van der Waals surface area contributed by atoms with Gasteiger partial charge in [-0.2, -0.15) is 0 Å². The van der Waals surface area contributed by atoms with Crippen LogP contribution in [0.15, 0.2) is 12.2 Å². The predicted molar refractivity (Wildman–Crippen MR) is 243 cm³/mol. The Morgan fingerprint density at radius 2 is 0.877 bits per heavy atom. The third-order valence-corrected chi connectivity index (χ3v) is 11.9. The minimum atomic E-state index is -4.27. The largest absolute Gasteiger partial charge is 0.472 e. The molecule has 2 atom stereocenters. The lowest BCUT2D eigenvalue weighted by Gasteiger charge is -2.20. The molecule has 0 aliphatic rings. The van der Waals surface area contributed by atoms with Crippen molar-refractivity contribution in [3.8, 4) is 0 Å². The number of rotatable bonds is 48. The number of nitrogens with two attached hydrogens (primary N) is 1. The normalized spacial score (nSPS) is 13.4. The van der Waals surface area contributed by atoms with E-state index in [2.05, 4.69) is 26.0 Å². The Morgan fingerprint density at radius 1 is 0.509 bits per heavy atom. The summed E-state index contributed by atoms with van der Waals surface area (Å²) in [6.07, 6.45) is 50.9. The number of phosphoric ester groups is 1. The van der Waals surface area contributed by atoms with E-state index in [0.717, 1.165) is 32.1 Å². The van der Waals surface area contributed by atoms with Gasteiger partial charge in [0.1, 0.15) is 6.10 Å². The van der Waals surface area contributed by atoms with Crippen LogP contribution in [0, 0.1) is 0 Å². The summed E-state index contributed by atoms with van der Waals surface area (Å²) in [6, 6.07) is 0. The summed E-state index contributed by atoms with van der Waals surface area (Å²) < 4.78 is 33.6. The number of hydrogen-bond acceptors (Lipinski definition) is 7. The molecule has 0 rings (SSSR count). The lowest BCUT2D eigenvalue weighted by atomic mass is 10.0. The van der Waals surface area contributed by atoms with Crippen LogP contribution in [-0.2, 0) is 27.9 Å². The van der Waals surface area contributed by atoms with Gasteiger partial charge in [-0.3, -0.25) is 13.8 Å². The number of allylic oxidation sites excluding steroid dienone is 2. The molecule has 9 heteroatoms. The number of unbranched alkanes of at least 4 members (excludes halogenated alkanes) is 33. The number of hydrogen-bond donors (Lipinski definition) is 2. The molecule has 2 unspecified atom stereocenters. The van der Waals surface area contributed by atoms with Gasteiger partial charge >= 0.3 is 13.8 Å². The summed E-state index contributed by atoms with van der Waals surface area (Å²) >= 11 is 0. The first-order chi connectivity index (χ1) is 27.9. The van der Waals surface area contributed by atoms with Crippen molar-refractivity contribution < 1.29 is 32.8 Å². The van der Waals surface area contributed by atoms with Gasteiger partial charge < -0.3 is 20.1 Å². The van der Waals surface area contributed by atoms with Gasteiger partial charge in [-0.25, -0.2) is 4.57 Å². The third kappa shape index (κ3) is 46.2. The second-order valence-corrected chi connectivity index (χ2v) is 18.1. The Labute approximate surface area is 354 Å². The van der Waals surface area contributed by atoms with Gasteiger partial charge in [0.2, 0.25) is 0 Å². The van der Waals surface area contributed by atoms with Gasteiger partial charge in [-0.1, -0.05) is 219 Å². The summed E-state index contributed by atoms with van der Waals surface area (Å²) in [5, 5.41) is 0. The van der Waals surface area contributed by atoms with E-state index in [1.54, 1.807) is 0 Å². The molecule has 0 aromatic carbocycles. The topological polar surface area (TPSA) is 117 Å². The molecular formula is C48H96NO7P. The van der Waals surface area contributed by atoms with E-state index < -0.39 is 13.9 Å². The molecule has 0 aliphatic carbocycles. The smallest absolute Gasteiger partial charge is 0.457 e. The van der Waals surface area contributed by atoms with E-state index in [9.17, 15) is 14.3 Å². The first kappa shape index (κ1) is 56.2. The maximum absolute atomic E-state index is 12.6. The summed E-state index contributed by atoms with van der Waals surface area (Å²) in [5.41, 5.74) is 5.38. The summed E-state index contributed by atoms with van der Waals surface area (Å²) in [6.45, 7) is 4.98. The number of phosphoric acid groups is 1. The van der Waals surface area contributed by atoms with E-state index in [-0.39, 0.29) is 32.3 Å². The number of carbonyl (C=O) groups excluding carboxylic acids is 1. The molecule has 0 aromatic heterocycles. The molecule has 0 heterocycles. The molecule has 0 saturated heterocycles. The zero-order valence-electron chi connectivity index (χ0n) is 37.9. The Bertz CT molecular complexity index is 889.